The predicted molar refractivity (Wildman–Crippen MR) is 77.5 cm³/mol. The minimum atomic E-state index is 0.0648. The molecule has 0 unspecified atom stereocenters. The predicted octanol–water partition coefficient (Wildman–Crippen LogP) is 2.79. The molecule has 0 aliphatic rings. The summed E-state index contributed by atoms with van der Waals surface area (Å²) in [7, 11) is 0. The fourth-order valence-electron chi connectivity index (χ4n) is 1.36. The first-order chi connectivity index (χ1) is 9.10. The van der Waals surface area contributed by atoms with Gasteiger partial charge in [0.05, 0.1) is 0 Å². The number of aromatic nitrogens is 2. The highest BCUT2D eigenvalue weighted by Crippen LogP contribution is 2.28. The van der Waals surface area contributed by atoms with Crippen molar-refractivity contribution in [1.82, 2.24) is 9.97 Å². The number of benzene rings is 1. The van der Waals surface area contributed by atoms with Crippen molar-refractivity contribution in [2.24, 2.45) is 10.9 Å². The summed E-state index contributed by atoms with van der Waals surface area (Å²) >= 11 is 4.83. The van der Waals surface area contributed by atoms with Gasteiger partial charge in [0.2, 0.25) is 0 Å². The third-order valence-electron chi connectivity index (χ3n) is 2.29. The maximum Gasteiger partial charge on any atom is 0.192 e. The van der Waals surface area contributed by atoms with Crippen molar-refractivity contribution in [3.63, 3.8) is 0 Å². The van der Waals surface area contributed by atoms with Crippen LogP contribution in [0.15, 0.2) is 50.3 Å². The molecular formula is C12H11BrN4OS. The van der Waals surface area contributed by atoms with Crippen molar-refractivity contribution >= 4 is 33.5 Å². The Kier molecular flexibility index (Phi) is 4.39. The maximum absolute atomic E-state index is 8.66. The first-order valence-corrected chi connectivity index (χ1v) is 6.95. The third-order valence-corrected chi connectivity index (χ3v) is 3.83. The second-order valence-corrected chi connectivity index (χ2v) is 5.67. The van der Waals surface area contributed by atoms with Crippen LogP contribution < -0.4 is 5.73 Å². The zero-order valence-electron chi connectivity index (χ0n) is 10.0. The third kappa shape index (κ3) is 3.45. The van der Waals surface area contributed by atoms with Gasteiger partial charge in [0, 0.05) is 27.3 Å². The topological polar surface area (TPSA) is 84.4 Å². The standard InChI is InChI=1S/C12H11BrN4OS/c1-7-5-15-12(16-6-7)19-8-2-3-9(10(13)4-8)11(14)17-18/h2-6,18H,1H3,(H2,14,17). The van der Waals surface area contributed by atoms with Crippen molar-refractivity contribution in [3.05, 3.63) is 46.2 Å². The lowest BCUT2D eigenvalue weighted by molar-refractivity contribution is 0.318. The summed E-state index contributed by atoms with van der Waals surface area (Å²) in [5.41, 5.74) is 7.21. The van der Waals surface area contributed by atoms with Gasteiger partial charge in [-0.05, 0) is 58.4 Å². The Labute approximate surface area is 123 Å². The van der Waals surface area contributed by atoms with Crippen molar-refractivity contribution in [2.45, 2.75) is 17.0 Å². The number of hydrogen-bond donors (Lipinski definition) is 2. The Balaban J connectivity index is 2.23. The molecule has 1 aromatic carbocycles. The molecule has 0 atom stereocenters. The van der Waals surface area contributed by atoms with E-state index in [2.05, 4.69) is 31.1 Å². The monoisotopic (exact) mass is 338 g/mol. The number of oxime groups is 1. The number of rotatable bonds is 3. The van der Waals surface area contributed by atoms with E-state index in [1.807, 2.05) is 19.1 Å². The molecule has 2 aromatic rings. The van der Waals surface area contributed by atoms with E-state index in [0.29, 0.717) is 10.7 Å². The zero-order chi connectivity index (χ0) is 13.8. The van der Waals surface area contributed by atoms with Gasteiger partial charge >= 0.3 is 0 Å². The largest absolute Gasteiger partial charge is 0.409 e. The highest BCUT2D eigenvalue weighted by Gasteiger charge is 2.07. The van der Waals surface area contributed by atoms with Crippen molar-refractivity contribution in [3.8, 4) is 0 Å². The van der Waals surface area contributed by atoms with E-state index in [4.69, 9.17) is 10.9 Å². The van der Waals surface area contributed by atoms with Gasteiger partial charge in [-0.1, -0.05) is 5.16 Å². The van der Waals surface area contributed by atoms with Crippen LogP contribution in [0.1, 0.15) is 11.1 Å². The average Bonchev–Trinajstić information content (AvgIpc) is 2.41. The van der Waals surface area contributed by atoms with Crippen LogP contribution in [0.25, 0.3) is 0 Å². The Morgan fingerprint density at radius 2 is 2.05 bits per heavy atom. The van der Waals surface area contributed by atoms with Gasteiger partial charge in [0.1, 0.15) is 0 Å². The second kappa shape index (κ2) is 6.03. The summed E-state index contributed by atoms with van der Waals surface area (Å²) in [5, 5.41) is 12.3. The maximum atomic E-state index is 8.66. The molecule has 0 fully saturated rings. The highest BCUT2D eigenvalue weighted by atomic mass is 79.9. The molecular weight excluding hydrogens is 328 g/mol. The van der Waals surface area contributed by atoms with Crippen LogP contribution in [0.5, 0.6) is 0 Å². The fourth-order valence-corrected chi connectivity index (χ4v) is 2.83. The molecule has 19 heavy (non-hydrogen) atoms. The van der Waals surface area contributed by atoms with E-state index in [0.717, 1.165) is 14.9 Å². The van der Waals surface area contributed by atoms with Crippen LogP contribution in [0, 0.1) is 6.92 Å². The molecule has 0 saturated carbocycles. The molecule has 0 radical (unpaired) electrons. The van der Waals surface area contributed by atoms with E-state index in [1.165, 1.54) is 11.8 Å². The summed E-state index contributed by atoms with van der Waals surface area (Å²) in [6.07, 6.45) is 3.55. The van der Waals surface area contributed by atoms with E-state index in [1.54, 1.807) is 18.5 Å². The molecule has 2 rings (SSSR count). The van der Waals surface area contributed by atoms with Gasteiger partial charge in [-0.2, -0.15) is 0 Å². The molecule has 0 spiro atoms. The zero-order valence-corrected chi connectivity index (χ0v) is 12.4. The number of halogens is 1. The Bertz CT molecular complexity index is 616. The van der Waals surface area contributed by atoms with Crippen LogP contribution in [0.4, 0.5) is 0 Å². The molecule has 0 saturated heterocycles. The van der Waals surface area contributed by atoms with Gasteiger partial charge in [-0.25, -0.2) is 9.97 Å². The summed E-state index contributed by atoms with van der Waals surface area (Å²) in [6, 6.07) is 5.52. The van der Waals surface area contributed by atoms with Gasteiger partial charge in [-0.15, -0.1) is 0 Å². The van der Waals surface area contributed by atoms with Gasteiger partial charge < -0.3 is 10.9 Å². The molecule has 0 amide bonds. The Morgan fingerprint density at radius 1 is 1.37 bits per heavy atom. The molecule has 98 valence electrons. The molecule has 3 N–H and O–H groups in total. The molecule has 0 aliphatic carbocycles. The van der Waals surface area contributed by atoms with Crippen LogP contribution in [0.2, 0.25) is 0 Å². The summed E-state index contributed by atoms with van der Waals surface area (Å²) in [4.78, 5) is 9.41. The lowest BCUT2D eigenvalue weighted by atomic mass is 10.2. The Morgan fingerprint density at radius 3 is 2.63 bits per heavy atom. The summed E-state index contributed by atoms with van der Waals surface area (Å²) in [6.45, 7) is 1.94. The van der Waals surface area contributed by atoms with Crippen molar-refractivity contribution in [2.75, 3.05) is 0 Å². The number of nitrogens with two attached hydrogens (primary N) is 1. The minimum Gasteiger partial charge on any atom is -0.409 e. The van der Waals surface area contributed by atoms with Gasteiger partial charge in [0.25, 0.3) is 0 Å². The van der Waals surface area contributed by atoms with Crippen LogP contribution in [0.3, 0.4) is 0 Å². The lowest BCUT2D eigenvalue weighted by Gasteiger charge is -2.05. The molecule has 0 aliphatic heterocycles. The number of amidine groups is 1. The smallest absolute Gasteiger partial charge is 0.192 e. The fraction of sp³-hybridized carbons (Fsp3) is 0.0833. The molecule has 7 heteroatoms. The molecule has 0 bridgehead atoms. The average molecular weight is 339 g/mol. The van der Waals surface area contributed by atoms with Crippen LogP contribution in [-0.4, -0.2) is 21.0 Å². The number of hydrogen-bond acceptors (Lipinski definition) is 5. The summed E-state index contributed by atoms with van der Waals surface area (Å²) < 4.78 is 0.750. The quantitative estimate of drug-likeness (QED) is 0.295. The number of aryl methyl sites for hydroxylation is 1. The van der Waals surface area contributed by atoms with E-state index >= 15 is 0 Å². The molecule has 1 heterocycles. The molecule has 1 aromatic heterocycles. The molecule has 5 nitrogen and oxygen atoms in total. The van der Waals surface area contributed by atoms with E-state index < -0.39 is 0 Å². The van der Waals surface area contributed by atoms with Crippen molar-refractivity contribution in [1.29, 1.82) is 0 Å². The van der Waals surface area contributed by atoms with Crippen LogP contribution >= 0.6 is 27.7 Å². The van der Waals surface area contributed by atoms with Crippen LogP contribution in [-0.2, 0) is 0 Å². The van der Waals surface area contributed by atoms with Crippen molar-refractivity contribution < 1.29 is 5.21 Å². The van der Waals surface area contributed by atoms with Gasteiger partial charge in [-0.3, -0.25) is 0 Å². The van der Waals surface area contributed by atoms with Gasteiger partial charge in [0.15, 0.2) is 11.0 Å². The summed E-state index contributed by atoms with van der Waals surface area (Å²) in [5.74, 6) is 0.0648. The Hall–Kier alpha value is -1.60. The first-order valence-electron chi connectivity index (χ1n) is 5.34. The second-order valence-electron chi connectivity index (χ2n) is 3.77. The first kappa shape index (κ1) is 13.8. The minimum absolute atomic E-state index is 0.0648. The normalized spacial score (nSPS) is 11.6. The number of nitrogens with zero attached hydrogens (tertiary/aromatic N) is 3. The van der Waals surface area contributed by atoms with E-state index in [-0.39, 0.29) is 5.84 Å². The SMILES string of the molecule is Cc1cnc(Sc2ccc(/C(N)=N/O)c(Br)c2)nc1. The highest BCUT2D eigenvalue weighted by molar-refractivity contribution is 9.10. The van der Waals surface area contributed by atoms with E-state index in [9.17, 15) is 0 Å². The lowest BCUT2D eigenvalue weighted by Crippen LogP contribution is -2.13.